The molecule has 0 N–H and O–H groups in total. The van der Waals surface area contributed by atoms with Gasteiger partial charge in [-0.15, -0.1) is 0 Å². The van der Waals surface area contributed by atoms with Crippen molar-refractivity contribution in [1.82, 2.24) is 0 Å². The predicted octanol–water partition coefficient (Wildman–Crippen LogP) is 13.2. The summed E-state index contributed by atoms with van der Waals surface area (Å²) in [7, 11) is 0. The number of Topliss-reactive ketones (excluding diaryl/α,β-unsaturated/α-hetero) is 2. The molecule has 7 aromatic carbocycles. The quantitative estimate of drug-likeness (QED) is 0.136. The highest BCUT2D eigenvalue weighted by atomic mass is 16.2. The number of anilines is 3. The molecule has 2 aliphatic carbocycles. The SMILES string of the molecule is CC(C)(C)c1ccc(N(c2ccc(C(C)(C)C)cc2)c2ccc3c4c(cccc24)-c2cc(C=C4C(=O)c5cc6ccccc6cc5C4=O)ccc2-3)cc1. The van der Waals surface area contributed by atoms with E-state index in [9.17, 15) is 9.59 Å². The van der Waals surface area contributed by atoms with Crippen molar-refractivity contribution in [3.8, 4) is 22.3 Å². The second-order valence-electron chi connectivity index (χ2n) is 16.6. The van der Waals surface area contributed by atoms with Crippen LogP contribution in [0.1, 0.15) is 78.9 Å². The van der Waals surface area contributed by atoms with Crippen molar-refractivity contribution in [1.29, 1.82) is 0 Å². The minimum Gasteiger partial charge on any atom is -0.310 e. The summed E-state index contributed by atoms with van der Waals surface area (Å²) in [6, 6.07) is 46.8. The van der Waals surface area contributed by atoms with Crippen molar-refractivity contribution in [2.45, 2.75) is 52.4 Å². The molecule has 0 bridgehead atoms. The largest absolute Gasteiger partial charge is 0.310 e. The van der Waals surface area contributed by atoms with E-state index in [2.05, 4.69) is 137 Å². The molecule has 3 nitrogen and oxygen atoms in total. The molecule has 258 valence electrons. The average molecular weight is 688 g/mol. The first-order valence-corrected chi connectivity index (χ1v) is 18.4. The Hall–Kier alpha value is -6.06. The lowest BCUT2D eigenvalue weighted by Gasteiger charge is -2.29. The van der Waals surface area contributed by atoms with E-state index in [0.29, 0.717) is 11.1 Å². The van der Waals surface area contributed by atoms with Gasteiger partial charge < -0.3 is 4.90 Å². The molecule has 0 aliphatic heterocycles. The van der Waals surface area contributed by atoms with Gasteiger partial charge in [0.1, 0.15) is 0 Å². The van der Waals surface area contributed by atoms with Crippen LogP contribution in [0.25, 0.3) is 49.9 Å². The van der Waals surface area contributed by atoms with Gasteiger partial charge in [0.2, 0.25) is 0 Å². The Morgan fingerprint density at radius 3 is 1.55 bits per heavy atom. The van der Waals surface area contributed by atoms with E-state index in [1.54, 1.807) is 6.08 Å². The van der Waals surface area contributed by atoms with Crippen LogP contribution in [0, 0.1) is 0 Å². The first-order valence-electron chi connectivity index (χ1n) is 18.4. The molecule has 0 atom stereocenters. The van der Waals surface area contributed by atoms with Crippen molar-refractivity contribution in [2.75, 3.05) is 4.90 Å². The number of benzene rings is 7. The fourth-order valence-corrected chi connectivity index (χ4v) is 8.10. The van der Waals surface area contributed by atoms with Gasteiger partial charge in [0.05, 0.1) is 11.3 Å². The maximum absolute atomic E-state index is 13.6. The Kier molecular flexibility index (Phi) is 7.26. The first kappa shape index (κ1) is 32.8. The highest BCUT2D eigenvalue weighted by molar-refractivity contribution is 6.42. The second kappa shape index (κ2) is 11.7. The van der Waals surface area contributed by atoms with E-state index >= 15 is 0 Å². The Morgan fingerprint density at radius 2 is 1.00 bits per heavy atom. The van der Waals surface area contributed by atoms with Crippen LogP contribution < -0.4 is 4.90 Å². The normalized spacial score (nSPS) is 13.5. The van der Waals surface area contributed by atoms with Crippen LogP contribution >= 0.6 is 0 Å². The highest BCUT2D eigenvalue weighted by Gasteiger charge is 2.34. The fraction of sp³-hybridized carbons (Fsp3) is 0.160. The van der Waals surface area contributed by atoms with Crippen molar-refractivity contribution in [3.63, 3.8) is 0 Å². The number of carbonyl (C=O) groups excluding carboxylic acids is 2. The molecule has 0 heterocycles. The van der Waals surface area contributed by atoms with E-state index in [4.69, 9.17) is 0 Å². The average Bonchev–Trinajstić information content (AvgIpc) is 3.58. The van der Waals surface area contributed by atoms with Crippen LogP contribution in [-0.2, 0) is 10.8 Å². The molecule has 0 amide bonds. The van der Waals surface area contributed by atoms with Gasteiger partial charge in [0.15, 0.2) is 11.6 Å². The second-order valence-corrected chi connectivity index (χ2v) is 16.6. The lowest BCUT2D eigenvalue weighted by atomic mass is 9.86. The fourth-order valence-electron chi connectivity index (χ4n) is 8.10. The molecular formula is C50H41NO2. The van der Waals surface area contributed by atoms with Crippen molar-refractivity contribution >= 4 is 56.2 Å². The van der Waals surface area contributed by atoms with E-state index in [1.165, 1.54) is 27.5 Å². The topological polar surface area (TPSA) is 37.4 Å². The van der Waals surface area contributed by atoms with Gasteiger partial charge in [0, 0.05) is 27.9 Å². The van der Waals surface area contributed by atoms with Gasteiger partial charge in [-0.25, -0.2) is 0 Å². The predicted molar refractivity (Wildman–Crippen MR) is 221 cm³/mol. The third kappa shape index (κ3) is 5.34. The molecule has 7 aromatic rings. The monoisotopic (exact) mass is 687 g/mol. The summed E-state index contributed by atoms with van der Waals surface area (Å²) in [6.07, 6.45) is 1.77. The number of allylic oxidation sites excluding steroid dienone is 1. The van der Waals surface area contributed by atoms with Gasteiger partial charge in [0.25, 0.3) is 0 Å². The third-order valence-corrected chi connectivity index (χ3v) is 11.0. The van der Waals surface area contributed by atoms with E-state index < -0.39 is 0 Å². The van der Waals surface area contributed by atoms with Crippen LogP contribution in [0.4, 0.5) is 17.1 Å². The Morgan fingerprint density at radius 1 is 0.472 bits per heavy atom. The Labute approximate surface area is 311 Å². The van der Waals surface area contributed by atoms with Crippen molar-refractivity contribution in [3.05, 3.63) is 167 Å². The zero-order valence-electron chi connectivity index (χ0n) is 31.0. The smallest absolute Gasteiger partial charge is 0.197 e. The summed E-state index contributed by atoms with van der Waals surface area (Å²) in [6.45, 7) is 13.5. The van der Waals surface area contributed by atoms with Gasteiger partial charge >= 0.3 is 0 Å². The molecule has 3 heteroatoms. The number of hydrogen-bond acceptors (Lipinski definition) is 3. The summed E-state index contributed by atoms with van der Waals surface area (Å²) >= 11 is 0. The number of rotatable bonds is 4. The van der Waals surface area contributed by atoms with E-state index in [-0.39, 0.29) is 28.0 Å². The molecule has 0 saturated heterocycles. The zero-order valence-corrected chi connectivity index (χ0v) is 31.0. The van der Waals surface area contributed by atoms with Crippen molar-refractivity contribution < 1.29 is 9.59 Å². The van der Waals surface area contributed by atoms with Gasteiger partial charge in [-0.2, -0.15) is 0 Å². The van der Waals surface area contributed by atoms with Crippen LogP contribution in [-0.4, -0.2) is 11.6 Å². The van der Waals surface area contributed by atoms with Crippen LogP contribution in [0.15, 0.2) is 139 Å². The molecular weight excluding hydrogens is 647 g/mol. The van der Waals surface area contributed by atoms with Gasteiger partial charge in [-0.3, -0.25) is 9.59 Å². The third-order valence-electron chi connectivity index (χ3n) is 11.0. The maximum atomic E-state index is 13.6. The summed E-state index contributed by atoms with van der Waals surface area (Å²) in [5, 5.41) is 4.29. The summed E-state index contributed by atoms with van der Waals surface area (Å²) in [5.74, 6) is -0.421. The minimum absolute atomic E-state index is 0.0528. The Bertz CT molecular complexity index is 2580. The highest BCUT2D eigenvalue weighted by Crippen LogP contribution is 2.51. The van der Waals surface area contributed by atoms with Crippen LogP contribution in [0.2, 0.25) is 0 Å². The summed E-state index contributed by atoms with van der Waals surface area (Å²) < 4.78 is 0. The zero-order chi connectivity index (χ0) is 36.8. The molecule has 0 spiro atoms. The molecule has 0 aromatic heterocycles. The van der Waals surface area contributed by atoms with Gasteiger partial charge in [-0.05, 0) is 121 Å². The van der Waals surface area contributed by atoms with Crippen molar-refractivity contribution in [2.24, 2.45) is 0 Å². The number of hydrogen-bond donors (Lipinski definition) is 0. The molecule has 0 saturated carbocycles. The molecule has 9 rings (SSSR count). The van der Waals surface area contributed by atoms with Crippen LogP contribution in [0.3, 0.4) is 0 Å². The van der Waals surface area contributed by atoms with E-state index in [1.807, 2.05) is 42.5 Å². The van der Waals surface area contributed by atoms with E-state index in [0.717, 1.165) is 50.1 Å². The molecule has 0 unspecified atom stereocenters. The molecule has 2 aliphatic rings. The number of carbonyl (C=O) groups is 2. The number of ketones is 2. The first-order chi connectivity index (χ1) is 25.4. The molecule has 0 radical (unpaired) electrons. The summed E-state index contributed by atoms with van der Waals surface area (Å²) in [4.78, 5) is 29.6. The number of fused-ring (bicyclic) bond motifs is 5. The standard InChI is InChI=1S/C50H41NO2/c1-49(2,3)33-15-19-35(20-16-33)51(36-21-17-34(18-22-36)50(4,5)6)45-25-24-39-37-23-14-30(26-41(37)38-12-9-13-40(45)46(38)39)27-44-47(52)42-28-31-10-7-8-11-32(31)29-43(42)48(44)53/h7-29H,1-6H3. The Balaban J connectivity index is 1.15. The molecule has 0 fully saturated rings. The maximum Gasteiger partial charge on any atom is 0.197 e. The molecule has 53 heavy (non-hydrogen) atoms. The number of nitrogens with zero attached hydrogens (tertiary/aromatic N) is 1. The lowest BCUT2D eigenvalue weighted by Crippen LogP contribution is -2.14. The van der Waals surface area contributed by atoms with Crippen LogP contribution in [0.5, 0.6) is 0 Å². The lowest BCUT2D eigenvalue weighted by molar-refractivity contribution is 0.0990. The summed E-state index contributed by atoms with van der Waals surface area (Å²) in [5.41, 5.74) is 12.6. The van der Waals surface area contributed by atoms with Gasteiger partial charge in [-0.1, -0.05) is 126 Å². The minimum atomic E-state index is -0.211.